The van der Waals surface area contributed by atoms with Crippen molar-refractivity contribution in [2.75, 3.05) is 0 Å². The molecule has 1 aliphatic carbocycles. The Morgan fingerprint density at radius 1 is 1.45 bits per heavy atom. The second-order valence-electron chi connectivity index (χ2n) is 5.20. The van der Waals surface area contributed by atoms with Crippen LogP contribution in [-0.4, -0.2) is 27.1 Å². The molecule has 2 heterocycles. The van der Waals surface area contributed by atoms with Gasteiger partial charge in [0.15, 0.2) is 0 Å². The lowest BCUT2D eigenvalue weighted by molar-refractivity contribution is -0.121. The summed E-state index contributed by atoms with van der Waals surface area (Å²) in [5.41, 5.74) is 3.40. The molecule has 2 aromatic rings. The molecule has 0 fully saturated rings. The quantitative estimate of drug-likeness (QED) is 0.882. The maximum Gasteiger partial charge on any atom is 0.220 e. The first-order valence-electron chi connectivity index (χ1n) is 7.01. The smallest absolute Gasteiger partial charge is 0.220 e. The zero-order chi connectivity index (χ0) is 13.8. The normalized spacial score (nSPS) is 17.5. The average molecular weight is 270 g/mol. The molecule has 5 nitrogen and oxygen atoms in total. The molecule has 20 heavy (non-hydrogen) atoms. The Hall–Kier alpha value is -2.17. The molecule has 2 N–H and O–H groups in total. The fourth-order valence-electron chi connectivity index (χ4n) is 2.63. The van der Waals surface area contributed by atoms with Crippen molar-refractivity contribution < 1.29 is 4.79 Å². The monoisotopic (exact) mass is 270 g/mol. The van der Waals surface area contributed by atoms with E-state index >= 15 is 0 Å². The standard InChI is InChI=1S/C15H18N4O/c20-15(7-5-12-3-1-2-8-16-12)18-13-4-6-14-11(9-13)10-17-19-14/h1-3,8,10,13H,4-7,9H2,(H,17,19)(H,18,20). The van der Waals surface area contributed by atoms with Crippen LogP contribution in [-0.2, 0) is 24.1 Å². The highest BCUT2D eigenvalue weighted by molar-refractivity contribution is 5.76. The van der Waals surface area contributed by atoms with Gasteiger partial charge in [-0.15, -0.1) is 0 Å². The second kappa shape index (κ2) is 5.86. The number of fused-ring (bicyclic) bond motifs is 1. The van der Waals surface area contributed by atoms with Crippen LogP contribution in [0.1, 0.15) is 29.8 Å². The molecular weight excluding hydrogens is 252 g/mol. The highest BCUT2D eigenvalue weighted by Gasteiger charge is 2.21. The molecule has 104 valence electrons. The Morgan fingerprint density at radius 3 is 3.25 bits per heavy atom. The van der Waals surface area contributed by atoms with Crippen molar-refractivity contribution in [1.29, 1.82) is 0 Å². The minimum Gasteiger partial charge on any atom is -0.353 e. The molecular formula is C15H18N4O. The molecule has 0 saturated carbocycles. The number of amides is 1. The number of aromatic nitrogens is 3. The number of aromatic amines is 1. The predicted octanol–water partition coefficient (Wildman–Crippen LogP) is 1.41. The van der Waals surface area contributed by atoms with Gasteiger partial charge in [0.05, 0.1) is 6.20 Å². The van der Waals surface area contributed by atoms with Crippen LogP contribution in [0.5, 0.6) is 0 Å². The van der Waals surface area contributed by atoms with E-state index in [4.69, 9.17) is 0 Å². The van der Waals surface area contributed by atoms with Crippen molar-refractivity contribution in [2.45, 2.75) is 38.1 Å². The molecule has 0 spiro atoms. The third-order valence-electron chi connectivity index (χ3n) is 3.72. The van der Waals surface area contributed by atoms with E-state index < -0.39 is 0 Å². The van der Waals surface area contributed by atoms with Gasteiger partial charge < -0.3 is 5.32 Å². The lowest BCUT2D eigenvalue weighted by atomic mass is 9.93. The summed E-state index contributed by atoms with van der Waals surface area (Å²) in [6.45, 7) is 0. The fourth-order valence-corrected chi connectivity index (χ4v) is 2.63. The third-order valence-corrected chi connectivity index (χ3v) is 3.72. The van der Waals surface area contributed by atoms with Crippen molar-refractivity contribution in [3.63, 3.8) is 0 Å². The predicted molar refractivity (Wildman–Crippen MR) is 75.1 cm³/mol. The van der Waals surface area contributed by atoms with Crippen molar-refractivity contribution in [3.8, 4) is 0 Å². The molecule has 2 aromatic heterocycles. The SMILES string of the molecule is O=C(CCc1ccccn1)NC1CCc2[nH]ncc2C1. The molecule has 5 heteroatoms. The van der Waals surface area contributed by atoms with Crippen LogP contribution >= 0.6 is 0 Å². The molecule has 0 aliphatic heterocycles. The number of hydrogen-bond acceptors (Lipinski definition) is 3. The largest absolute Gasteiger partial charge is 0.353 e. The van der Waals surface area contributed by atoms with E-state index in [0.717, 1.165) is 25.0 Å². The van der Waals surface area contributed by atoms with Crippen molar-refractivity contribution in [2.24, 2.45) is 0 Å². The van der Waals surface area contributed by atoms with Crippen LogP contribution in [0, 0.1) is 0 Å². The van der Waals surface area contributed by atoms with Crippen molar-refractivity contribution >= 4 is 5.91 Å². The molecule has 3 rings (SSSR count). The molecule has 0 aromatic carbocycles. The average Bonchev–Trinajstić information content (AvgIpc) is 2.94. The van der Waals surface area contributed by atoms with Crippen LogP contribution in [0.2, 0.25) is 0 Å². The zero-order valence-electron chi connectivity index (χ0n) is 11.3. The van der Waals surface area contributed by atoms with Gasteiger partial charge in [0.25, 0.3) is 0 Å². The number of rotatable bonds is 4. The number of hydrogen-bond donors (Lipinski definition) is 2. The van der Waals surface area contributed by atoms with Crippen LogP contribution in [0.25, 0.3) is 0 Å². The summed E-state index contributed by atoms with van der Waals surface area (Å²) in [5.74, 6) is 0.104. The molecule has 1 atom stereocenters. The molecule has 0 radical (unpaired) electrons. The summed E-state index contributed by atoms with van der Waals surface area (Å²) < 4.78 is 0. The molecule has 0 saturated heterocycles. The van der Waals surface area contributed by atoms with Gasteiger partial charge in [0.1, 0.15) is 0 Å². The van der Waals surface area contributed by atoms with Gasteiger partial charge in [0, 0.05) is 30.0 Å². The van der Waals surface area contributed by atoms with E-state index in [2.05, 4.69) is 20.5 Å². The Morgan fingerprint density at radius 2 is 2.40 bits per heavy atom. The number of pyridine rings is 1. The van der Waals surface area contributed by atoms with Crippen LogP contribution in [0.4, 0.5) is 0 Å². The van der Waals surface area contributed by atoms with Gasteiger partial charge in [-0.2, -0.15) is 5.10 Å². The highest BCUT2D eigenvalue weighted by atomic mass is 16.1. The second-order valence-corrected chi connectivity index (χ2v) is 5.20. The van der Waals surface area contributed by atoms with Crippen LogP contribution in [0.15, 0.2) is 30.6 Å². The first kappa shape index (κ1) is 12.8. The van der Waals surface area contributed by atoms with Gasteiger partial charge in [-0.05, 0) is 43.4 Å². The highest BCUT2D eigenvalue weighted by Crippen LogP contribution is 2.18. The lowest BCUT2D eigenvalue weighted by Gasteiger charge is -2.22. The van der Waals surface area contributed by atoms with Gasteiger partial charge >= 0.3 is 0 Å². The van der Waals surface area contributed by atoms with Gasteiger partial charge in [-0.1, -0.05) is 6.07 Å². The fraction of sp³-hybridized carbons (Fsp3) is 0.400. The van der Waals surface area contributed by atoms with E-state index in [1.165, 1.54) is 11.3 Å². The molecule has 0 bridgehead atoms. The number of nitrogens with zero attached hydrogens (tertiary/aromatic N) is 2. The lowest BCUT2D eigenvalue weighted by Crippen LogP contribution is -2.38. The first-order valence-corrected chi connectivity index (χ1v) is 7.01. The minimum absolute atomic E-state index is 0.104. The Balaban J connectivity index is 1.48. The first-order chi connectivity index (χ1) is 9.81. The Kier molecular flexibility index (Phi) is 3.76. The number of nitrogens with one attached hydrogen (secondary N) is 2. The summed E-state index contributed by atoms with van der Waals surface area (Å²) >= 11 is 0. The Labute approximate surface area is 117 Å². The number of carbonyl (C=O) groups is 1. The molecule has 1 aliphatic rings. The Bertz CT molecular complexity index is 579. The minimum atomic E-state index is 0.104. The third kappa shape index (κ3) is 3.04. The van der Waals surface area contributed by atoms with E-state index in [-0.39, 0.29) is 11.9 Å². The summed E-state index contributed by atoms with van der Waals surface area (Å²) in [6.07, 6.45) is 7.62. The van der Waals surface area contributed by atoms with Gasteiger partial charge in [0.2, 0.25) is 5.91 Å². The van der Waals surface area contributed by atoms with E-state index in [0.29, 0.717) is 12.8 Å². The van der Waals surface area contributed by atoms with Crippen molar-refractivity contribution in [3.05, 3.63) is 47.5 Å². The summed E-state index contributed by atoms with van der Waals surface area (Å²) in [4.78, 5) is 16.2. The van der Waals surface area contributed by atoms with E-state index in [9.17, 15) is 4.79 Å². The number of H-pyrrole nitrogens is 1. The van der Waals surface area contributed by atoms with Crippen LogP contribution in [0.3, 0.4) is 0 Å². The van der Waals surface area contributed by atoms with Gasteiger partial charge in [-0.25, -0.2) is 0 Å². The maximum atomic E-state index is 12.0. The number of carbonyl (C=O) groups excluding carboxylic acids is 1. The zero-order valence-corrected chi connectivity index (χ0v) is 11.3. The summed E-state index contributed by atoms with van der Waals surface area (Å²) in [7, 11) is 0. The van der Waals surface area contributed by atoms with Crippen molar-refractivity contribution in [1.82, 2.24) is 20.5 Å². The van der Waals surface area contributed by atoms with E-state index in [1.54, 1.807) is 6.20 Å². The molecule has 1 amide bonds. The topological polar surface area (TPSA) is 70.7 Å². The van der Waals surface area contributed by atoms with Gasteiger partial charge in [-0.3, -0.25) is 14.9 Å². The summed E-state index contributed by atoms with van der Waals surface area (Å²) in [5, 5.41) is 10.2. The van der Waals surface area contributed by atoms with E-state index in [1.807, 2.05) is 24.4 Å². The molecule has 1 unspecified atom stereocenters. The summed E-state index contributed by atoms with van der Waals surface area (Å²) in [6, 6.07) is 6.01. The van der Waals surface area contributed by atoms with Crippen LogP contribution < -0.4 is 5.32 Å². The number of aryl methyl sites for hydroxylation is 2. The maximum absolute atomic E-state index is 12.0.